The van der Waals surface area contributed by atoms with Gasteiger partial charge in [-0.1, -0.05) is 96.0 Å². The van der Waals surface area contributed by atoms with Crippen molar-refractivity contribution in [1.82, 2.24) is 83.3 Å². The Morgan fingerprint density at radius 2 is 1.00 bits per heavy atom. The molecule has 1 aliphatic heterocycles. The van der Waals surface area contributed by atoms with Gasteiger partial charge in [-0.05, 0) is 137 Å². The van der Waals surface area contributed by atoms with Crippen LogP contribution in [0.4, 0.5) is 0 Å². The number of H-pyrrole nitrogens is 3. The zero-order chi connectivity index (χ0) is 86.3. The molecule has 1 saturated heterocycles. The Morgan fingerprint density at radius 1 is 0.517 bits per heavy atom. The quantitative estimate of drug-likeness (QED) is 0.0218. The number of nitrogens with two attached hydrogens (primary N) is 4. The number of hydrogen-bond acceptors (Lipinski definition) is 19. The molecule has 37 heteroatoms. The lowest BCUT2D eigenvalue weighted by atomic mass is 9.99. The van der Waals surface area contributed by atoms with E-state index in [1.165, 1.54) is 42.4 Å². The standard InChI is InChI=1S/C81H114N20O17/c1-7-8-18-57(73(109)100-65(81(117)118)35-47-23-25-51(102)26-24-47)95-79(115)66-22-15-32-101(66)80(116)60(28-30-68(85)104)92-69(105)42-89-70(106)46(6)91-72(108)58(21-13-14-31-82)93-75(111)61(33-44(2)3)97-74(110)59(27-29-67(84)103)94-76(112)62(34-45(4)5)98-77(113)63(37-49-40-88-56-20-12-10-17-53(49)56)99-78(114)64(38-50-41-86-43-90-50)96-71(107)54(83)36-48-39-87-55-19-11-9-16-52(48)55/h9-12,16-17,19-20,23-26,39-41,43-46,54,57-66,87-88,102H,7-8,13-15,18,21-22,27-38,42,82-83H2,1-6H3,(H2,84,103)(H2,85,104)(H,86,90)(H,89,106)(H,91,108)(H,92,105)(H,93,111)(H,94,112)(H,95,115)(H,96,107)(H,97,110)(H,98,113)(H,99,114)(H,100,109)(H,117,118)/t46-,54+,57+,58+,59+,60+,61+,62+,63+,64+,65+,66+/m1/s1. The lowest BCUT2D eigenvalue weighted by Gasteiger charge is -2.30. The normalized spacial score (nSPS) is 15.4. The van der Waals surface area contributed by atoms with E-state index in [1.54, 1.807) is 52.4 Å². The Balaban J connectivity index is 1.00. The van der Waals surface area contributed by atoms with E-state index >= 15 is 4.79 Å². The summed E-state index contributed by atoms with van der Waals surface area (Å²) in [5, 5.41) is 50.3. The number of benzene rings is 3. The molecule has 6 aromatic rings. The summed E-state index contributed by atoms with van der Waals surface area (Å²) in [6.45, 7) is 9.63. The predicted octanol–water partition coefficient (Wildman–Crippen LogP) is -0.322. The summed E-state index contributed by atoms with van der Waals surface area (Å²) in [6, 6.07) is 4.13. The van der Waals surface area contributed by atoms with E-state index in [0.717, 1.165) is 27.4 Å². The van der Waals surface area contributed by atoms with Crippen molar-refractivity contribution < 1.29 is 82.1 Å². The highest BCUT2D eigenvalue weighted by Gasteiger charge is 2.41. The number of carbonyl (C=O) groups excluding carboxylic acids is 14. The molecule has 14 amide bonds. The maximum atomic E-state index is 15.0. The fourth-order valence-corrected chi connectivity index (χ4v) is 13.8. The largest absolute Gasteiger partial charge is 0.508 e. The van der Waals surface area contributed by atoms with Crippen LogP contribution in [0.5, 0.6) is 5.75 Å². The summed E-state index contributed by atoms with van der Waals surface area (Å²) in [7, 11) is 0. The van der Waals surface area contributed by atoms with Crippen LogP contribution in [-0.2, 0) is 97.6 Å². The Hall–Kier alpha value is -12.3. The number of amides is 14. The number of aromatic hydroxyl groups is 1. The maximum Gasteiger partial charge on any atom is 0.326 e. The molecule has 118 heavy (non-hydrogen) atoms. The van der Waals surface area contributed by atoms with Crippen LogP contribution in [0.25, 0.3) is 21.8 Å². The van der Waals surface area contributed by atoms with Crippen molar-refractivity contribution in [3.05, 3.63) is 120 Å². The van der Waals surface area contributed by atoms with Crippen molar-refractivity contribution >= 4 is 110 Å². The first-order chi connectivity index (χ1) is 56.2. The van der Waals surface area contributed by atoms with Crippen molar-refractivity contribution in [3.63, 3.8) is 0 Å². The van der Waals surface area contributed by atoms with Gasteiger partial charge in [0, 0.05) is 79.0 Å². The number of carboxylic acids is 1. The number of para-hydroxylation sites is 2. The number of aromatic nitrogens is 4. The molecule has 1 aliphatic rings. The van der Waals surface area contributed by atoms with Gasteiger partial charge in [0.2, 0.25) is 82.7 Å². The van der Waals surface area contributed by atoms with Crippen molar-refractivity contribution in [1.29, 1.82) is 0 Å². The third-order valence-electron chi connectivity index (χ3n) is 20.2. The number of phenolic OH excluding ortho intramolecular Hbond substituents is 1. The molecule has 3 aromatic heterocycles. The lowest BCUT2D eigenvalue weighted by molar-refractivity contribution is -0.143. The number of imidazole rings is 1. The zero-order valence-electron chi connectivity index (χ0n) is 67.4. The molecular weight excluding hydrogens is 1530 g/mol. The third kappa shape index (κ3) is 28.9. The van der Waals surface area contributed by atoms with E-state index in [0.29, 0.717) is 42.5 Å². The minimum absolute atomic E-state index is 0.0209. The number of aromatic amines is 3. The van der Waals surface area contributed by atoms with Crippen LogP contribution < -0.4 is 81.4 Å². The van der Waals surface area contributed by atoms with Crippen LogP contribution in [-0.4, -0.2) is 216 Å². The van der Waals surface area contributed by atoms with Crippen LogP contribution in [0.3, 0.4) is 0 Å². The summed E-state index contributed by atoms with van der Waals surface area (Å²) in [6.07, 6.45) is 6.67. The van der Waals surface area contributed by atoms with E-state index in [2.05, 4.69) is 78.4 Å². The van der Waals surface area contributed by atoms with Crippen molar-refractivity contribution in [3.8, 4) is 5.75 Å². The minimum Gasteiger partial charge on any atom is -0.508 e. The summed E-state index contributed by atoms with van der Waals surface area (Å²) >= 11 is 0. The number of hydrogen-bond donors (Lipinski definition) is 20. The van der Waals surface area contributed by atoms with E-state index in [1.807, 2.05) is 49.4 Å². The fourth-order valence-electron chi connectivity index (χ4n) is 13.8. The lowest BCUT2D eigenvalue weighted by Crippen LogP contribution is -2.61. The molecule has 7 rings (SSSR count). The first-order valence-corrected chi connectivity index (χ1v) is 39.9. The van der Waals surface area contributed by atoms with E-state index in [4.69, 9.17) is 22.9 Å². The molecule has 24 N–H and O–H groups in total. The Kier molecular flexibility index (Phi) is 36.1. The third-order valence-corrected chi connectivity index (χ3v) is 20.2. The summed E-state index contributed by atoms with van der Waals surface area (Å²) in [4.78, 5) is 223. The number of likely N-dealkylation sites (tertiary alicyclic amines) is 1. The number of carbonyl (C=O) groups is 15. The predicted molar refractivity (Wildman–Crippen MR) is 435 cm³/mol. The van der Waals surface area contributed by atoms with Gasteiger partial charge in [0.25, 0.3) is 0 Å². The van der Waals surface area contributed by atoms with Gasteiger partial charge in [-0.3, -0.25) is 67.1 Å². The van der Waals surface area contributed by atoms with Gasteiger partial charge >= 0.3 is 5.97 Å². The van der Waals surface area contributed by atoms with Gasteiger partial charge in [-0.15, -0.1) is 0 Å². The molecule has 0 radical (unpaired) electrons. The van der Waals surface area contributed by atoms with Crippen LogP contribution in [0, 0.1) is 11.8 Å². The van der Waals surface area contributed by atoms with E-state index in [-0.39, 0.29) is 101 Å². The van der Waals surface area contributed by atoms with Crippen LogP contribution in [0.2, 0.25) is 0 Å². The minimum atomic E-state index is -1.59. The smallest absolute Gasteiger partial charge is 0.326 e. The zero-order valence-corrected chi connectivity index (χ0v) is 67.4. The van der Waals surface area contributed by atoms with Gasteiger partial charge in [-0.25, -0.2) is 9.78 Å². The summed E-state index contributed by atoms with van der Waals surface area (Å²) < 4.78 is 0. The summed E-state index contributed by atoms with van der Waals surface area (Å²) in [5.41, 5.74) is 27.2. The average molecular weight is 1640 g/mol. The van der Waals surface area contributed by atoms with Crippen LogP contribution >= 0.6 is 0 Å². The van der Waals surface area contributed by atoms with E-state index in [9.17, 15) is 77.3 Å². The molecule has 1 fully saturated rings. The average Bonchev–Trinajstić information content (AvgIpc) is 1.24. The number of phenols is 1. The second-order valence-electron chi connectivity index (χ2n) is 30.7. The molecule has 37 nitrogen and oxygen atoms in total. The first kappa shape index (κ1) is 92.9. The topological polar surface area (TPSA) is 596 Å². The number of nitrogens with one attached hydrogen (secondary N) is 14. The van der Waals surface area contributed by atoms with Gasteiger partial charge in [0.05, 0.1) is 24.6 Å². The highest BCUT2D eigenvalue weighted by atomic mass is 16.4. The van der Waals surface area contributed by atoms with Crippen LogP contribution in [0.1, 0.15) is 154 Å². The molecule has 0 spiro atoms. The molecule has 0 unspecified atom stereocenters. The monoisotopic (exact) mass is 1640 g/mol. The van der Waals surface area contributed by atoms with Gasteiger partial charge < -0.3 is 111 Å². The SMILES string of the molecule is CCCC[C@H](NC(=O)[C@@H]1CCCN1C(=O)[C@H](CCC(N)=O)NC(=O)CNC(=O)[C@@H](C)NC(=O)[C@H](CCCCN)NC(=O)[C@H](CC(C)C)NC(=O)[C@H](CCC(N)=O)NC(=O)[C@H](CC(C)C)NC(=O)[C@H](Cc1c[nH]c2ccccc12)NC(=O)[C@H](Cc1c[nH]cn1)NC(=O)[C@@H](N)Cc1c[nH]c2ccccc12)C(=O)N[C@@H](Cc1ccc(O)cc1)C(=O)O. The van der Waals surface area contributed by atoms with E-state index < -0.39 is 187 Å². The second kappa shape index (κ2) is 45.9. The molecule has 4 heterocycles. The first-order valence-electron chi connectivity index (χ1n) is 39.9. The van der Waals surface area contributed by atoms with Gasteiger partial charge in [0.1, 0.15) is 72.2 Å². The molecule has 3 aromatic carbocycles. The Labute approximate surface area is 682 Å². The second-order valence-corrected chi connectivity index (χ2v) is 30.7. The molecule has 640 valence electrons. The molecule has 0 bridgehead atoms. The maximum absolute atomic E-state index is 15.0. The van der Waals surface area contributed by atoms with Crippen molar-refractivity contribution in [2.45, 2.75) is 230 Å². The molecule has 12 atom stereocenters. The number of carboxylic acid groups (broad SMARTS) is 1. The van der Waals surface area contributed by atoms with Gasteiger partial charge in [0.15, 0.2) is 0 Å². The Bertz CT molecular complexity index is 4450. The van der Waals surface area contributed by atoms with Crippen molar-refractivity contribution in [2.75, 3.05) is 19.6 Å². The number of fused-ring (bicyclic) bond motifs is 2. The van der Waals surface area contributed by atoms with Crippen molar-refractivity contribution in [2.24, 2.45) is 34.8 Å². The Morgan fingerprint density at radius 3 is 1.54 bits per heavy atom. The molecule has 0 saturated carbocycles. The number of rotatable bonds is 49. The highest BCUT2D eigenvalue weighted by Crippen LogP contribution is 2.24. The molecule has 0 aliphatic carbocycles. The fraction of sp³-hybridized carbons (Fsp3) is 0.506. The number of unbranched alkanes of at least 4 members (excludes halogenated alkanes) is 2. The molecular formula is C81H114N20O17. The number of primary amides is 2. The summed E-state index contributed by atoms with van der Waals surface area (Å²) in [5.74, 6) is -13.7. The highest BCUT2D eigenvalue weighted by molar-refractivity contribution is 6.00. The van der Waals surface area contributed by atoms with Gasteiger partial charge in [-0.2, -0.15) is 0 Å². The number of aliphatic carboxylic acids is 1. The van der Waals surface area contributed by atoms with Crippen LogP contribution in [0.15, 0.2) is 97.7 Å². The number of nitrogens with zero attached hydrogens (tertiary/aromatic N) is 2.